The zero-order valence-corrected chi connectivity index (χ0v) is 16.7. The third-order valence-electron chi connectivity index (χ3n) is 5.38. The summed E-state index contributed by atoms with van der Waals surface area (Å²) in [6.45, 7) is 4.30. The van der Waals surface area contributed by atoms with Gasteiger partial charge >= 0.3 is 5.97 Å². The summed E-state index contributed by atoms with van der Waals surface area (Å²) in [5, 5.41) is 29.0. The van der Waals surface area contributed by atoms with Crippen molar-refractivity contribution in [3.63, 3.8) is 0 Å². The molecule has 27 heavy (non-hydrogen) atoms. The summed E-state index contributed by atoms with van der Waals surface area (Å²) in [6, 6.07) is 0. The molecule has 0 aromatic rings. The van der Waals surface area contributed by atoms with Gasteiger partial charge in [0.25, 0.3) is 0 Å². The van der Waals surface area contributed by atoms with E-state index in [-0.39, 0.29) is 24.0 Å². The predicted octanol–water partition coefficient (Wildman–Crippen LogP) is 3.89. The fraction of sp³-hybridized carbons (Fsp3) is 0.727. The Morgan fingerprint density at radius 1 is 1.30 bits per heavy atom. The third-order valence-corrected chi connectivity index (χ3v) is 5.38. The van der Waals surface area contributed by atoms with Crippen molar-refractivity contribution < 1.29 is 24.9 Å². The second kappa shape index (κ2) is 12.8. The lowest BCUT2D eigenvalue weighted by Crippen LogP contribution is -2.19. The molecule has 0 spiro atoms. The molecule has 0 aliphatic heterocycles. The number of aliphatic carboxylic acids is 1. The Kier molecular flexibility index (Phi) is 11.2. The maximum Gasteiger partial charge on any atom is 0.327 e. The van der Waals surface area contributed by atoms with E-state index in [9.17, 15) is 19.8 Å². The van der Waals surface area contributed by atoms with Gasteiger partial charge in [-0.15, -0.1) is 0 Å². The fourth-order valence-corrected chi connectivity index (χ4v) is 3.82. The van der Waals surface area contributed by atoms with Gasteiger partial charge in [-0.3, -0.25) is 4.79 Å². The smallest absolute Gasteiger partial charge is 0.327 e. The molecule has 3 N–H and O–H groups in total. The molecule has 0 aromatic heterocycles. The van der Waals surface area contributed by atoms with E-state index in [0.29, 0.717) is 25.2 Å². The highest BCUT2D eigenvalue weighted by molar-refractivity contribution is 5.84. The van der Waals surface area contributed by atoms with E-state index < -0.39 is 18.2 Å². The van der Waals surface area contributed by atoms with E-state index in [1.165, 1.54) is 0 Å². The number of allylic oxidation sites excluding steroid dienone is 1. The number of rotatable bonds is 13. The maximum atomic E-state index is 12.2. The topological polar surface area (TPSA) is 94.8 Å². The minimum Gasteiger partial charge on any atom is -0.478 e. The molecule has 5 heteroatoms. The van der Waals surface area contributed by atoms with Gasteiger partial charge in [0.15, 0.2) is 0 Å². The Labute approximate surface area is 163 Å². The van der Waals surface area contributed by atoms with E-state index in [1.54, 1.807) is 12.2 Å². The minimum atomic E-state index is -0.947. The normalized spacial score (nSPS) is 25.5. The zero-order chi connectivity index (χ0) is 20.2. The summed E-state index contributed by atoms with van der Waals surface area (Å²) < 4.78 is 0. The van der Waals surface area contributed by atoms with Crippen LogP contribution in [0.1, 0.15) is 71.6 Å². The Bertz CT molecular complexity index is 511. The lowest BCUT2D eigenvalue weighted by atomic mass is 9.88. The second-order valence-electron chi connectivity index (χ2n) is 7.88. The number of unbranched alkanes of at least 4 members (excludes halogenated alkanes) is 3. The van der Waals surface area contributed by atoms with Crippen LogP contribution in [-0.4, -0.2) is 39.3 Å². The number of aliphatic hydroxyl groups is 2. The highest BCUT2D eigenvalue weighted by atomic mass is 16.4. The number of carbonyl (C=O) groups excluding carboxylic acids is 1. The molecule has 1 fully saturated rings. The van der Waals surface area contributed by atoms with Crippen molar-refractivity contribution >= 4 is 11.8 Å². The number of aliphatic hydroxyl groups excluding tert-OH is 2. The number of carboxylic acids is 1. The second-order valence-corrected chi connectivity index (χ2v) is 7.88. The number of hydrogen-bond donors (Lipinski definition) is 3. The Balaban J connectivity index is 2.47. The van der Waals surface area contributed by atoms with E-state index in [0.717, 1.165) is 38.2 Å². The first-order chi connectivity index (χ1) is 12.8. The lowest BCUT2D eigenvalue weighted by Gasteiger charge is -2.18. The van der Waals surface area contributed by atoms with E-state index >= 15 is 0 Å². The molecule has 0 radical (unpaired) electrons. The molecule has 1 aliphatic carbocycles. The summed E-state index contributed by atoms with van der Waals surface area (Å²) in [4.78, 5) is 22.6. The molecule has 0 bridgehead atoms. The van der Waals surface area contributed by atoms with Crippen LogP contribution in [0.4, 0.5) is 0 Å². The van der Waals surface area contributed by atoms with E-state index in [2.05, 4.69) is 13.8 Å². The van der Waals surface area contributed by atoms with Crippen molar-refractivity contribution in [1.29, 1.82) is 0 Å². The molecule has 1 aliphatic rings. The first kappa shape index (κ1) is 23.6. The summed E-state index contributed by atoms with van der Waals surface area (Å²) >= 11 is 0. The molecule has 5 nitrogen and oxygen atoms in total. The lowest BCUT2D eigenvalue weighted by molar-refractivity contribution is -0.131. The van der Waals surface area contributed by atoms with Crippen molar-refractivity contribution in [1.82, 2.24) is 0 Å². The van der Waals surface area contributed by atoms with Crippen molar-refractivity contribution in [3.05, 3.63) is 24.3 Å². The summed E-state index contributed by atoms with van der Waals surface area (Å²) in [7, 11) is 0. The van der Waals surface area contributed by atoms with Crippen LogP contribution < -0.4 is 0 Å². The molecule has 0 aromatic carbocycles. The van der Waals surface area contributed by atoms with E-state index in [4.69, 9.17) is 5.11 Å². The van der Waals surface area contributed by atoms with Crippen LogP contribution in [0.2, 0.25) is 0 Å². The Morgan fingerprint density at radius 2 is 2.04 bits per heavy atom. The predicted molar refractivity (Wildman–Crippen MR) is 106 cm³/mol. The SMILES string of the molecule is CCCC[C@H](C)C[C@H](O)/C=C/[C@H]1[C@H](O)CC(=O)[C@@H]1CCCC/C=C\C(=O)O. The number of carbonyl (C=O) groups is 2. The molecule has 0 saturated heterocycles. The maximum absolute atomic E-state index is 12.2. The zero-order valence-electron chi connectivity index (χ0n) is 16.7. The highest BCUT2D eigenvalue weighted by Gasteiger charge is 2.39. The van der Waals surface area contributed by atoms with Gasteiger partial charge in [-0.05, 0) is 31.6 Å². The standard InChI is InChI=1S/C22H36O5/c1-3-4-9-16(2)14-17(23)12-13-19-18(20(24)15-21(19)25)10-7-5-6-8-11-22(26)27/h8,11-13,16-19,21,23,25H,3-7,9-10,14-15H2,1-2H3,(H,26,27)/b11-8-,13-12+/t16-,17+,18+,19+,21+/m0/s1. The van der Waals surface area contributed by atoms with E-state index in [1.807, 2.05) is 6.08 Å². The molecular weight excluding hydrogens is 344 g/mol. The van der Waals surface area contributed by atoms with Gasteiger partial charge < -0.3 is 15.3 Å². The Morgan fingerprint density at radius 3 is 2.70 bits per heavy atom. The van der Waals surface area contributed by atoms with Gasteiger partial charge in [0.05, 0.1) is 12.2 Å². The highest BCUT2D eigenvalue weighted by Crippen LogP contribution is 2.34. The van der Waals surface area contributed by atoms with Crippen LogP contribution in [-0.2, 0) is 9.59 Å². The molecule has 154 valence electrons. The summed E-state index contributed by atoms with van der Waals surface area (Å²) in [5.74, 6) is -0.840. The molecule has 0 heterocycles. The largest absolute Gasteiger partial charge is 0.478 e. The van der Waals surface area contributed by atoms with Crippen LogP contribution in [0.25, 0.3) is 0 Å². The van der Waals surface area contributed by atoms with Crippen LogP contribution >= 0.6 is 0 Å². The van der Waals surface area contributed by atoms with Gasteiger partial charge in [-0.2, -0.15) is 0 Å². The Hall–Kier alpha value is -1.46. The van der Waals surface area contributed by atoms with Crippen LogP contribution in [0.3, 0.4) is 0 Å². The van der Waals surface area contributed by atoms with Gasteiger partial charge in [0, 0.05) is 24.3 Å². The van der Waals surface area contributed by atoms with Gasteiger partial charge in [0.1, 0.15) is 5.78 Å². The molecule has 1 saturated carbocycles. The minimum absolute atomic E-state index is 0.0871. The molecule has 0 amide bonds. The average molecular weight is 381 g/mol. The summed E-state index contributed by atoms with van der Waals surface area (Å²) in [6.07, 6.45) is 12.4. The van der Waals surface area contributed by atoms with Gasteiger partial charge in [0.2, 0.25) is 0 Å². The van der Waals surface area contributed by atoms with Crippen molar-refractivity contribution in [3.8, 4) is 0 Å². The first-order valence-corrected chi connectivity index (χ1v) is 10.3. The van der Waals surface area contributed by atoms with Crippen molar-refractivity contribution in [2.24, 2.45) is 17.8 Å². The van der Waals surface area contributed by atoms with Crippen LogP contribution in [0.5, 0.6) is 0 Å². The molecule has 5 atom stereocenters. The first-order valence-electron chi connectivity index (χ1n) is 10.3. The molecule has 0 unspecified atom stereocenters. The summed E-state index contributed by atoms with van der Waals surface area (Å²) in [5.41, 5.74) is 0. The quantitative estimate of drug-likeness (QED) is 0.256. The van der Waals surface area contributed by atoms with Crippen molar-refractivity contribution in [2.75, 3.05) is 0 Å². The number of carboxylic acid groups (broad SMARTS) is 1. The number of hydrogen-bond acceptors (Lipinski definition) is 4. The van der Waals surface area contributed by atoms with Crippen molar-refractivity contribution in [2.45, 2.75) is 83.8 Å². The number of Topliss-reactive ketones (excluding diaryl/α,β-unsaturated/α-hetero) is 1. The number of ketones is 1. The van der Waals surface area contributed by atoms with Gasteiger partial charge in [-0.1, -0.05) is 57.8 Å². The monoisotopic (exact) mass is 380 g/mol. The third kappa shape index (κ3) is 9.34. The average Bonchev–Trinajstić information content (AvgIpc) is 2.87. The van der Waals surface area contributed by atoms with Crippen LogP contribution in [0.15, 0.2) is 24.3 Å². The fourth-order valence-electron chi connectivity index (χ4n) is 3.82. The molecular formula is C22H36O5. The van der Waals surface area contributed by atoms with Gasteiger partial charge in [-0.25, -0.2) is 4.79 Å². The molecule has 1 rings (SSSR count). The van der Waals surface area contributed by atoms with Crippen LogP contribution in [0, 0.1) is 17.8 Å².